The number of carbonyl (C=O) groups is 2. The number of carboxylic acid groups (broad SMARTS) is 1. The highest BCUT2D eigenvalue weighted by Gasteiger charge is 2.28. The van der Waals surface area contributed by atoms with Gasteiger partial charge in [-0.25, -0.2) is 4.68 Å². The van der Waals surface area contributed by atoms with E-state index in [9.17, 15) is 9.59 Å². The van der Waals surface area contributed by atoms with Gasteiger partial charge < -0.3 is 10.0 Å². The van der Waals surface area contributed by atoms with Gasteiger partial charge >= 0.3 is 5.97 Å². The fourth-order valence-corrected chi connectivity index (χ4v) is 2.24. The van der Waals surface area contributed by atoms with Crippen molar-refractivity contribution in [3.05, 3.63) is 0 Å². The molecule has 1 fully saturated rings. The van der Waals surface area contributed by atoms with Gasteiger partial charge in [0.25, 0.3) is 0 Å². The molecule has 0 radical (unpaired) electrons. The van der Waals surface area contributed by atoms with Crippen molar-refractivity contribution in [2.75, 3.05) is 19.3 Å². The standard InChI is InChI=1S/C9H13N5O3S/c1-13(4-8(16)17)7(15)5-18-9-10-11-12-14(9)6-2-3-6/h6H,2-5H2,1H3,(H,16,17). The molecule has 98 valence electrons. The molecule has 1 aromatic rings. The second-order valence-corrected chi connectivity index (χ2v) is 5.01. The third kappa shape index (κ3) is 3.19. The number of rotatable bonds is 6. The van der Waals surface area contributed by atoms with Gasteiger partial charge in [0.1, 0.15) is 6.54 Å². The van der Waals surface area contributed by atoms with E-state index in [1.165, 1.54) is 23.7 Å². The van der Waals surface area contributed by atoms with Crippen LogP contribution in [0, 0.1) is 0 Å². The molecular weight excluding hydrogens is 258 g/mol. The highest BCUT2D eigenvalue weighted by Crippen LogP contribution is 2.36. The Morgan fingerprint density at radius 2 is 2.28 bits per heavy atom. The molecule has 0 aromatic carbocycles. The Bertz CT molecular complexity index is 459. The van der Waals surface area contributed by atoms with Gasteiger partial charge in [0, 0.05) is 7.05 Å². The van der Waals surface area contributed by atoms with Gasteiger partial charge in [0.15, 0.2) is 0 Å². The molecular formula is C9H13N5O3S. The molecule has 1 heterocycles. The van der Waals surface area contributed by atoms with Crippen LogP contribution >= 0.6 is 11.8 Å². The maximum absolute atomic E-state index is 11.6. The van der Waals surface area contributed by atoms with Gasteiger partial charge in [-0.2, -0.15) is 0 Å². The summed E-state index contributed by atoms with van der Waals surface area (Å²) in [5.41, 5.74) is 0. The zero-order valence-corrected chi connectivity index (χ0v) is 10.6. The molecule has 1 saturated carbocycles. The number of aromatic nitrogens is 4. The lowest BCUT2D eigenvalue weighted by atomic mass is 10.5. The van der Waals surface area contributed by atoms with Crippen LogP contribution in [0.1, 0.15) is 18.9 Å². The summed E-state index contributed by atoms with van der Waals surface area (Å²) in [5, 5.41) is 20.5. The third-order valence-electron chi connectivity index (χ3n) is 2.48. The third-order valence-corrected chi connectivity index (χ3v) is 3.40. The van der Waals surface area contributed by atoms with Crippen LogP contribution < -0.4 is 0 Å². The van der Waals surface area contributed by atoms with Crippen molar-refractivity contribution in [3.8, 4) is 0 Å². The molecule has 8 nitrogen and oxygen atoms in total. The van der Waals surface area contributed by atoms with Crippen LogP contribution in [0.5, 0.6) is 0 Å². The first kappa shape index (κ1) is 12.8. The van der Waals surface area contributed by atoms with Crippen molar-refractivity contribution in [2.24, 2.45) is 0 Å². The Morgan fingerprint density at radius 3 is 2.89 bits per heavy atom. The summed E-state index contributed by atoms with van der Waals surface area (Å²) >= 11 is 1.23. The molecule has 0 aliphatic heterocycles. The highest BCUT2D eigenvalue weighted by atomic mass is 32.2. The zero-order valence-electron chi connectivity index (χ0n) is 9.81. The minimum atomic E-state index is -1.03. The van der Waals surface area contributed by atoms with Crippen molar-refractivity contribution in [1.29, 1.82) is 0 Å². The van der Waals surface area contributed by atoms with Crippen molar-refractivity contribution < 1.29 is 14.7 Å². The normalized spacial score (nSPS) is 14.5. The van der Waals surface area contributed by atoms with Crippen LogP contribution in [0.2, 0.25) is 0 Å². The molecule has 0 unspecified atom stereocenters. The first-order chi connectivity index (χ1) is 8.58. The molecule has 1 N–H and O–H groups in total. The fourth-order valence-electron chi connectivity index (χ4n) is 1.36. The molecule has 0 saturated heterocycles. The Hall–Kier alpha value is -1.64. The van der Waals surface area contributed by atoms with E-state index in [1.807, 2.05) is 0 Å². The number of nitrogens with zero attached hydrogens (tertiary/aromatic N) is 5. The number of tetrazole rings is 1. The summed E-state index contributed by atoms with van der Waals surface area (Å²) in [5.74, 6) is -1.15. The maximum atomic E-state index is 11.6. The minimum absolute atomic E-state index is 0.136. The van der Waals surface area contributed by atoms with Crippen LogP contribution in [0.4, 0.5) is 0 Å². The van der Waals surface area contributed by atoms with E-state index in [0.717, 1.165) is 12.8 Å². The first-order valence-electron chi connectivity index (χ1n) is 5.44. The van der Waals surface area contributed by atoms with Crippen molar-refractivity contribution in [2.45, 2.75) is 24.0 Å². The lowest BCUT2D eigenvalue weighted by molar-refractivity contribution is -0.142. The van der Waals surface area contributed by atoms with Gasteiger partial charge in [0.2, 0.25) is 11.1 Å². The highest BCUT2D eigenvalue weighted by molar-refractivity contribution is 7.99. The van der Waals surface area contributed by atoms with Gasteiger partial charge in [-0.15, -0.1) is 5.10 Å². The van der Waals surface area contributed by atoms with Crippen molar-refractivity contribution in [1.82, 2.24) is 25.1 Å². The monoisotopic (exact) mass is 271 g/mol. The van der Waals surface area contributed by atoms with Gasteiger partial charge in [-0.05, 0) is 23.3 Å². The van der Waals surface area contributed by atoms with Crippen LogP contribution in [0.15, 0.2) is 5.16 Å². The Balaban J connectivity index is 1.85. The molecule has 0 bridgehead atoms. The Morgan fingerprint density at radius 1 is 1.56 bits per heavy atom. The van der Waals surface area contributed by atoms with Gasteiger partial charge in [-0.1, -0.05) is 11.8 Å². The second-order valence-electron chi connectivity index (χ2n) is 4.07. The average Bonchev–Trinajstić information content (AvgIpc) is 3.04. The number of carbonyl (C=O) groups excluding carboxylic acids is 1. The molecule has 0 spiro atoms. The van der Waals surface area contributed by atoms with E-state index in [0.29, 0.717) is 11.2 Å². The van der Waals surface area contributed by atoms with Crippen LogP contribution in [-0.2, 0) is 9.59 Å². The lowest BCUT2D eigenvalue weighted by Crippen LogP contribution is -2.33. The lowest BCUT2D eigenvalue weighted by Gasteiger charge is -2.13. The SMILES string of the molecule is CN(CC(=O)O)C(=O)CSc1nnnn1C1CC1. The summed E-state index contributed by atoms with van der Waals surface area (Å²) in [4.78, 5) is 23.3. The molecule has 18 heavy (non-hydrogen) atoms. The van der Waals surface area contributed by atoms with Crippen LogP contribution in [0.3, 0.4) is 0 Å². The fraction of sp³-hybridized carbons (Fsp3) is 0.667. The van der Waals surface area contributed by atoms with E-state index in [2.05, 4.69) is 15.5 Å². The number of amides is 1. The van der Waals surface area contributed by atoms with Crippen LogP contribution in [-0.4, -0.2) is 61.4 Å². The predicted molar refractivity (Wildman–Crippen MR) is 62.1 cm³/mol. The predicted octanol–water partition coefficient (Wildman–Crippen LogP) is -0.357. The summed E-state index contributed by atoms with van der Waals surface area (Å²) in [6.45, 7) is -0.299. The molecule has 1 aliphatic rings. The number of carboxylic acids is 1. The van der Waals surface area contributed by atoms with E-state index in [-0.39, 0.29) is 18.2 Å². The number of aliphatic carboxylic acids is 1. The molecule has 1 amide bonds. The van der Waals surface area contributed by atoms with Crippen molar-refractivity contribution >= 4 is 23.6 Å². The number of likely N-dealkylation sites (N-methyl/N-ethyl adjacent to an activating group) is 1. The quantitative estimate of drug-likeness (QED) is 0.705. The van der Waals surface area contributed by atoms with Gasteiger partial charge in [0.05, 0.1) is 11.8 Å². The summed E-state index contributed by atoms with van der Waals surface area (Å²) < 4.78 is 1.72. The minimum Gasteiger partial charge on any atom is -0.480 e. The molecule has 1 aliphatic carbocycles. The summed E-state index contributed by atoms with van der Waals surface area (Å²) in [6.07, 6.45) is 2.12. The zero-order chi connectivity index (χ0) is 13.1. The van der Waals surface area contributed by atoms with E-state index < -0.39 is 5.97 Å². The molecule has 2 rings (SSSR count). The largest absolute Gasteiger partial charge is 0.480 e. The smallest absolute Gasteiger partial charge is 0.323 e. The van der Waals surface area contributed by atoms with Gasteiger partial charge in [-0.3, -0.25) is 9.59 Å². The topological polar surface area (TPSA) is 101 Å². The number of hydrogen-bond acceptors (Lipinski definition) is 6. The van der Waals surface area contributed by atoms with Crippen LogP contribution in [0.25, 0.3) is 0 Å². The molecule has 0 atom stereocenters. The molecule has 9 heteroatoms. The Kier molecular flexibility index (Phi) is 3.80. The second kappa shape index (κ2) is 5.34. The van der Waals surface area contributed by atoms with E-state index in [4.69, 9.17) is 5.11 Å². The summed E-state index contributed by atoms with van der Waals surface area (Å²) in [6, 6.07) is 0.356. The van der Waals surface area contributed by atoms with E-state index in [1.54, 1.807) is 4.68 Å². The maximum Gasteiger partial charge on any atom is 0.323 e. The number of hydrogen-bond donors (Lipinski definition) is 1. The number of thioether (sulfide) groups is 1. The first-order valence-corrected chi connectivity index (χ1v) is 6.43. The van der Waals surface area contributed by atoms with E-state index >= 15 is 0 Å². The van der Waals surface area contributed by atoms with Crippen molar-refractivity contribution in [3.63, 3.8) is 0 Å². The summed E-state index contributed by atoms with van der Waals surface area (Å²) in [7, 11) is 1.46. The Labute approximate surface area is 107 Å². The average molecular weight is 271 g/mol. The molecule has 1 aromatic heterocycles.